The highest BCUT2D eigenvalue weighted by Crippen LogP contribution is 2.31. The van der Waals surface area contributed by atoms with Crippen LogP contribution in [0.1, 0.15) is 51.1 Å². The van der Waals surface area contributed by atoms with E-state index < -0.39 is 0 Å². The van der Waals surface area contributed by atoms with Gasteiger partial charge >= 0.3 is 0 Å². The zero-order valence-electron chi connectivity index (χ0n) is 12.1. The molecule has 0 aliphatic heterocycles. The third-order valence-corrected chi connectivity index (χ3v) is 4.92. The second kappa shape index (κ2) is 6.76. The maximum Gasteiger partial charge on any atom is 0.133 e. The van der Waals surface area contributed by atoms with Crippen LogP contribution in [0.25, 0.3) is 0 Å². The molecule has 106 valence electrons. The lowest BCUT2D eigenvalue weighted by atomic mass is 9.98. The van der Waals surface area contributed by atoms with Crippen LogP contribution >= 0.6 is 15.9 Å². The van der Waals surface area contributed by atoms with Gasteiger partial charge in [0.1, 0.15) is 5.75 Å². The fourth-order valence-corrected chi connectivity index (χ4v) is 3.59. The molecule has 1 aromatic carbocycles. The summed E-state index contributed by atoms with van der Waals surface area (Å²) in [6, 6.07) is 7.29. The molecule has 0 saturated heterocycles. The number of halogens is 1. The van der Waals surface area contributed by atoms with Crippen LogP contribution in [0.3, 0.4) is 0 Å². The summed E-state index contributed by atoms with van der Waals surface area (Å²) >= 11 is 3.56. The van der Waals surface area contributed by atoms with E-state index in [-0.39, 0.29) is 0 Å². The zero-order chi connectivity index (χ0) is 13.8. The molecule has 1 saturated carbocycles. The van der Waals surface area contributed by atoms with Gasteiger partial charge in [0, 0.05) is 12.1 Å². The van der Waals surface area contributed by atoms with Gasteiger partial charge in [0.15, 0.2) is 0 Å². The summed E-state index contributed by atoms with van der Waals surface area (Å²) in [6.45, 7) is 4.56. The summed E-state index contributed by atoms with van der Waals surface area (Å²) in [5.41, 5.74) is 1.30. The molecule has 3 heteroatoms. The predicted molar refractivity (Wildman–Crippen MR) is 83.7 cm³/mol. The highest BCUT2D eigenvalue weighted by atomic mass is 79.9. The number of ether oxygens (including phenoxy) is 1. The highest BCUT2D eigenvalue weighted by Gasteiger charge is 2.22. The number of nitrogens with one attached hydrogen (secondary N) is 1. The van der Waals surface area contributed by atoms with Crippen molar-refractivity contribution in [1.82, 2.24) is 5.32 Å². The first-order valence-corrected chi connectivity index (χ1v) is 8.00. The summed E-state index contributed by atoms with van der Waals surface area (Å²) < 4.78 is 6.30. The molecule has 1 N–H and O–H groups in total. The topological polar surface area (TPSA) is 21.3 Å². The Morgan fingerprint density at radius 3 is 2.53 bits per heavy atom. The number of rotatable bonds is 5. The molecule has 2 atom stereocenters. The molecule has 2 rings (SSSR count). The second-order valence-electron chi connectivity index (χ2n) is 5.62. The Morgan fingerprint density at radius 1 is 1.26 bits per heavy atom. The summed E-state index contributed by atoms with van der Waals surface area (Å²) in [5, 5.41) is 3.74. The monoisotopic (exact) mass is 325 g/mol. The first-order chi connectivity index (χ1) is 9.11. The van der Waals surface area contributed by atoms with Crippen LogP contribution in [0.5, 0.6) is 5.75 Å². The van der Waals surface area contributed by atoms with E-state index in [1.54, 1.807) is 7.11 Å². The van der Waals surface area contributed by atoms with Gasteiger partial charge in [0.25, 0.3) is 0 Å². The van der Waals surface area contributed by atoms with E-state index in [1.165, 1.54) is 31.2 Å². The van der Waals surface area contributed by atoms with Crippen molar-refractivity contribution in [2.45, 2.75) is 51.6 Å². The van der Waals surface area contributed by atoms with Crippen LogP contribution in [0.4, 0.5) is 0 Å². The van der Waals surface area contributed by atoms with Gasteiger partial charge in [-0.25, -0.2) is 0 Å². The summed E-state index contributed by atoms with van der Waals surface area (Å²) in [4.78, 5) is 0. The van der Waals surface area contributed by atoms with Gasteiger partial charge in [0.05, 0.1) is 11.6 Å². The van der Waals surface area contributed by atoms with Crippen molar-refractivity contribution in [3.8, 4) is 5.75 Å². The van der Waals surface area contributed by atoms with Crippen molar-refractivity contribution < 1.29 is 4.74 Å². The number of hydrogen-bond acceptors (Lipinski definition) is 2. The number of benzene rings is 1. The fraction of sp³-hybridized carbons (Fsp3) is 0.625. The molecule has 1 aliphatic rings. The summed E-state index contributed by atoms with van der Waals surface area (Å²) in [7, 11) is 1.70. The maximum absolute atomic E-state index is 5.27. The van der Waals surface area contributed by atoms with Crippen molar-refractivity contribution in [2.24, 2.45) is 5.92 Å². The third kappa shape index (κ3) is 3.73. The fourth-order valence-electron chi connectivity index (χ4n) is 3.04. The van der Waals surface area contributed by atoms with Crippen LogP contribution < -0.4 is 10.1 Å². The van der Waals surface area contributed by atoms with Gasteiger partial charge in [-0.1, -0.05) is 18.9 Å². The van der Waals surface area contributed by atoms with Crippen molar-refractivity contribution in [3.63, 3.8) is 0 Å². The molecule has 0 aromatic heterocycles. The first kappa shape index (κ1) is 14.9. The molecule has 1 aromatic rings. The first-order valence-electron chi connectivity index (χ1n) is 7.21. The largest absolute Gasteiger partial charge is 0.496 e. The van der Waals surface area contributed by atoms with Crippen LogP contribution in [-0.4, -0.2) is 13.2 Å². The van der Waals surface area contributed by atoms with Crippen molar-refractivity contribution in [1.29, 1.82) is 0 Å². The molecule has 1 unspecified atom stereocenters. The average Bonchev–Trinajstić information content (AvgIpc) is 2.92. The molecule has 0 radical (unpaired) electrons. The lowest BCUT2D eigenvalue weighted by Gasteiger charge is -2.25. The van der Waals surface area contributed by atoms with Crippen LogP contribution in [0.15, 0.2) is 22.7 Å². The summed E-state index contributed by atoms with van der Waals surface area (Å²) in [5.74, 6) is 1.74. The Morgan fingerprint density at radius 2 is 1.95 bits per heavy atom. The van der Waals surface area contributed by atoms with E-state index >= 15 is 0 Å². The standard InChI is InChI=1S/C16H24BrNO/c1-11(13-6-4-5-7-13)18-12(2)14-8-9-16(19-3)15(17)10-14/h8-13,18H,4-7H2,1-3H3/t11-,12?/m1/s1. The van der Waals surface area contributed by atoms with E-state index in [1.807, 2.05) is 6.07 Å². The number of methoxy groups -OCH3 is 1. The van der Waals surface area contributed by atoms with E-state index in [9.17, 15) is 0 Å². The molecule has 0 heterocycles. The van der Waals surface area contributed by atoms with Crippen molar-refractivity contribution >= 4 is 15.9 Å². The average molecular weight is 326 g/mol. The minimum Gasteiger partial charge on any atom is -0.496 e. The molecular weight excluding hydrogens is 302 g/mol. The van der Waals surface area contributed by atoms with Gasteiger partial charge in [-0.2, -0.15) is 0 Å². The number of hydrogen-bond donors (Lipinski definition) is 1. The zero-order valence-corrected chi connectivity index (χ0v) is 13.7. The minimum absolute atomic E-state index is 0.373. The van der Waals surface area contributed by atoms with Crippen LogP contribution in [0.2, 0.25) is 0 Å². The summed E-state index contributed by atoms with van der Waals surface area (Å²) in [6.07, 6.45) is 5.57. The lowest BCUT2D eigenvalue weighted by molar-refractivity contribution is 0.352. The molecule has 19 heavy (non-hydrogen) atoms. The van der Waals surface area contributed by atoms with Gasteiger partial charge in [0.2, 0.25) is 0 Å². The Hall–Kier alpha value is -0.540. The van der Waals surface area contributed by atoms with Crippen molar-refractivity contribution in [2.75, 3.05) is 7.11 Å². The molecular formula is C16H24BrNO. The van der Waals surface area contributed by atoms with E-state index in [0.29, 0.717) is 12.1 Å². The van der Waals surface area contributed by atoms with Gasteiger partial charge in [-0.15, -0.1) is 0 Å². The highest BCUT2D eigenvalue weighted by molar-refractivity contribution is 9.10. The lowest BCUT2D eigenvalue weighted by Crippen LogP contribution is -2.34. The predicted octanol–water partition coefficient (Wildman–Crippen LogP) is 4.69. The van der Waals surface area contributed by atoms with E-state index in [2.05, 4.69) is 47.2 Å². The van der Waals surface area contributed by atoms with Crippen LogP contribution in [-0.2, 0) is 0 Å². The van der Waals surface area contributed by atoms with Crippen molar-refractivity contribution in [3.05, 3.63) is 28.2 Å². The quantitative estimate of drug-likeness (QED) is 0.848. The normalized spacial score (nSPS) is 19.4. The molecule has 0 bridgehead atoms. The smallest absolute Gasteiger partial charge is 0.133 e. The van der Waals surface area contributed by atoms with Crippen LogP contribution in [0, 0.1) is 5.92 Å². The Labute approximate surface area is 125 Å². The molecule has 1 aliphatic carbocycles. The molecule has 2 nitrogen and oxygen atoms in total. The van der Waals surface area contributed by atoms with E-state index in [0.717, 1.165) is 16.1 Å². The van der Waals surface area contributed by atoms with E-state index in [4.69, 9.17) is 4.74 Å². The van der Waals surface area contributed by atoms with Gasteiger partial charge in [-0.05, 0) is 66.2 Å². The third-order valence-electron chi connectivity index (χ3n) is 4.30. The van der Waals surface area contributed by atoms with Gasteiger partial charge in [-0.3, -0.25) is 0 Å². The molecule has 0 amide bonds. The molecule has 0 spiro atoms. The Balaban J connectivity index is 1.98. The SMILES string of the molecule is COc1ccc(C(C)N[C@H](C)C2CCCC2)cc1Br. The molecule has 1 fully saturated rings. The van der Waals surface area contributed by atoms with Gasteiger partial charge < -0.3 is 10.1 Å². The Kier molecular flexibility index (Phi) is 5.28. The minimum atomic E-state index is 0.373. The maximum atomic E-state index is 5.27. The Bertz CT molecular complexity index is 415. The second-order valence-corrected chi connectivity index (χ2v) is 6.47.